The molecule has 0 bridgehead atoms. The van der Waals surface area contributed by atoms with Crippen LogP contribution in [0.4, 0.5) is 11.4 Å². The number of benzene rings is 2. The summed E-state index contributed by atoms with van der Waals surface area (Å²) in [5, 5.41) is 9.52. The highest BCUT2D eigenvalue weighted by Crippen LogP contribution is 2.28. The Bertz CT molecular complexity index is 843. The van der Waals surface area contributed by atoms with Gasteiger partial charge in [-0.3, -0.25) is 9.59 Å². The minimum absolute atomic E-state index is 0.0783. The summed E-state index contributed by atoms with van der Waals surface area (Å²) in [5.41, 5.74) is 1.95. The second kappa shape index (κ2) is 9.60. The van der Waals surface area contributed by atoms with Gasteiger partial charge in [0.05, 0.1) is 29.4 Å². The topological polar surface area (TPSA) is 79.5 Å². The van der Waals surface area contributed by atoms with Crippen LogP contribution in [0, 0.1) is 0 Å². The Morgan fingerprint density at radius 3 is 2.44 bits per heavy atom. The molecule has 0 aliphatic heterocycles. The summed E-state index contributed by atoms with van der Waals surface area (Å²) in [7, 11) is 1.51. The summed E-state index contributed by atoms with van der Waals surface area (Å²) in [4.78, 5) is 23.5. The lowest BCUT2D eigenvalue weighted by atomic mass is 10.1. The number of rotatable bonds is 7. The van der Waals surface area contributed by atoms with Gasteiger partial charge in [0.25, 0.3) is 0 Å². The van der Waals surface area contributed by atoms with Crippen LogP contribution in [0.2, 0.25) is 10.0 Å². The first kappa shape index (κ1) is 21.0. The fourth-order valence-electron chi connectivity index (χ4n) is 2.43. The number of anilines is 2. The molecule has 2 amide bonds. The van der Waals surface area contributed by atoms with Crippen LogP contribution in [0.1, 0.15) is 25.5 Å². The normalized spacial score (nSPS) is 11.6. The zero-order chi connectivity index (χ0) is 20.0. The van der Waals surface area contributed by atoms with E-state index in [9.17, 15) is 9.59 Å². The van der Waals surface area contributed by atoms with Gasteiger partial charge < -0.3 is 20.7 Å². The molecule has 1 atom stereocenters. The lowest BCUT2D eigenvalue weighted by Gasteiger charge is -2.16. The van der Waals surface area contributed by atoms with Crippen LogP contribution in [0.15, 0.2) is 36.4 Å². The van der Waals surface area contributed by atoms with Crippen molar-refractivity contribution in [2.24, 2.45) is 0 Å². The third-order valence-corrected chi connectivity index (χ3v) is 4.55. The van der Waals surface area contributed by atoms with Crippen molar-refractivity contribution in [1.82, 2.24) is 5.32 Å². The molecule has 2 aromatic carbocycles. The van der Waals surface area contributed by atoms with Crippen LogP contribution in [0.25, 0.3) is 0 Å². The van der Waals surface area contributed by atoms with E-state index in [1.807, 2.05) is 13.0 Å². The molecule has 0 aliphatic rings. The Labute approximate surface area is 168 Å². The molecule has 2 aromatic rings. The quantitative estimate of drug-likeness (QED) is 0.638. The lowest BCUT2D eigenvalue weighted by Crippen LogP contribution is -2.30. The van der Waals surface area contributed by atoms with Crippen molar-refractivity contribution in [2.45, 2.75) is 19.9 Å². The molecule has 0 spiro atoms. The van der Waals surface area contributed by atoms with Gasteiger partial charge in [0.1, 0.15) is 5.75 Å². The molecule has 0 unspecified atom stereocenters. The molecule has 0 radical (unpaired) electrons. The number of amides is 2. The van der Waals surface area contributed by atoms with Gasteiger partial charge in [-0.15, -0.1) is 0 Å². The van der Waals surface area contributed by atoms with Gasteiger partial charge in [0.2, 0.25) is 11.8 Å². The molecule has 3 N–H and O–H groups in total. The second-order valence-electron chi connectivity index (χ2n) is 5.92. The first-order chi connectivity index (χ1) is 12.8. The van der Waals surface area contributed by atoms with E-state index in [1.54, 1.807) is 30.3 Å². The monoisotopic (exact) mass is 409 g/mol. The van der Waals surface area contributed by atoms with Gasteiger partial charge in [0, 0.05) is 18.7 Å². The predicted molar refractivity (Wildman–Crippen MR) is 109 cm³/mol. The summed E-state index contributed by atoms with van der Waals surface area (Å²) in [6.07, 6.45) is 0. The summed E-state index contributed by atoms with van der Waals surface area (Å²) in [6.45, 7) is 3.41. The zero-order valence-corrected chi connectivity index (χ0v) is 16.7. The van der Waals surface area contributed by atoms with Crippen LogP contribution in [0.5, 0.6) is 5.75 Å². The highest BCUT2D eigenvalue weighted by Gasteiger charge is 2.12. The molecular formula is C19H21Cl2N3O3. The molecule has 0 aliphatic carbocycles. The fourth-order valence-corrected chi connectivity index (χ4v) is 2.73. The van der Waals surface area contributed by atoms with Crippen molar-refractivity contribution in [3.05, 3.63) is 52.0 Å². The van der Waals surface area contributed by atoms with Crippen molar-refractivity contribution in [1.29, 1.82) is 0 Å². The Balaban J connectivity index is 2.00. The molecule has 0 fully saturated rings. The number of carbonyl (C=O) groups excluding carboxylic acids is 2. The summed E-state index contributed by atoms with van der Waals surface area (Å²) in [6, 6.07) is 10.2. The third kappa shape index (κ3) is 6.13. The standard InChI is InChI=1S/C19H21Cl2N3O3/c1-11(13-4-6-15(20)16(21)8-13)22-10-19(26)24-17-9-14(23-12(2)25)5-7-18(17)27-3/h4-9,11,22H,10H2,1-3H3,(H,23,25)(H,24,26)/t11-/m0/s1. The van der Waals surface area contributed by atoms with E-state index in [0.29, 0.717) is 27.2 Å². The molecule has 8 heteroatoms. The van der Waals surface area contributed by atoms with Crippen LogP contribution in [-0.4, -0.2) is 25.5 Å². The molecular weight excluding hydrogens is 389 g/mol. The van der Waals surface area contributed by atoms with Gasteiger partial charge >= 0.3 is 0 Å². The first-order valence-corrected chi connectivity index (χ1v) is 8.99. The van der Waals surface area contributed by atoms with Gasteiger partial charge in [-0.25, -0.2) is 0 Å². The van der Waals surface area contributed by atoms with Gasteiger partial charge in [-0.05, 0) is 42.8 Å². The Morgan fingerprint density at radius 2 is 1.81 bits per heavy atom. The lowest BCUT2D eigenvalue weighted by molar-refractivity contribution is -0.115. The van der Waals surface area contributed by atoms with Crippen molar-refractivity contribution in [3.63, 3.8) is 0 Å². The van der Waals surface area contributed by atoms with Crippen LogP contribution in [-0.2, 0) is 9.59 Å². The first-order valence-electron chi connectivity index (χ1n) is 8.24. The number of ether oxygens (including phenoxy) is 1. The molecule has 0 aromatic heterocycles. The molecule has 144 valence electrons. The van der Waals surface area contributed by atoms with Crippen LogP contribution < -0.4 is 20.7 Å². The number of hydrogen-bond acceptors (Lipinski definition) is 4. The number of halogens is 2. The Morgan fingerprint density at radius 1 is 1.07 bits per heavy atom. The molecule has 0 saturated carbocycles. The van der Waals surface area contributed by atoms with E-state index in [-0.39, 0.29) is 24.4 Å². The number of methoxy groups -OCH3 is 1. The van der Waals surface area contributed by atoms with E-state index in [0.717, 1.165) is 5.56 Å². The van der Waals surface area contributed by atoms with Gasteiger partial charge in [-0.2, -0.15) is 0 Å². The average molecular weight is 410 g/mol. The van der Waals surface area contributed by atoms with Gasteiger partial charge in [-0.1, -0.05) is 29.3 Å². The third-order valence-electron chi connectivity index (χ3n) is 3.81. The largest absolute Gasteiger partial charge is 0.495 e. The second-order valence-corrected chi connectivity index (χ2v) is 6.73. The Kier molecular flexibility index (Phi) is 7.47. The molecule has 0 heterocycles. The maximum Gasteiger partial charge on any atom is 0.238 e. The van der Waals surface area contributed by atoms with E-state index < -0.39 is 0 Å². The SMILES string of the molecule is COc1ccc(NC(C)=O)cc1NC(=O)CN[C@@H](C)c1ccc(Cl)c(Cl)c1. The van der Waals surface area contributed by atoms with E-state index >= 15 is 0 Å². The molecule has 6 nitrogen and oxygen atoms in total. The van der Waals surface area contributed by atoms with E-state index in [2.05, 4.69) is 16.0 Å². The summed E-state index contributed by atoms with van der Waals surface area (Å²) < 4.78 is 5.25. The minimum Gasteiger partial charge on any atom is -0.495 e. The van der Waals surface area contributed by atoms with Gasteiger partial charge in [0.15, 0.2) is 0 Å². The fraction of sp³-hybridized carbons (Fsp3) is 0.263. The average Bonchev–Trinajstić information content (AvgIpc) is 2.61. The van der Waals surface area contributed by atoms with Crippen molar-refractivity contribution in [3.8, 4) is 5.75 Å². The molecule has 0 saturated heterocycles. The Hall–Kier alpha value is -2.28. The minimum atomic E-state index is -0.250. The van der Waals surface area contributed by atoms with Crippen molar-refractivity contribution >= 4 is 46.4 Å². The highest BCUT2D eigenvalue weighted by atomic mass is 35.5. The van der Waals surface area contributed by atoms with Crippen LogP contribution >= 0.6 is 23.2 Å². The van der Waals surface area contributed by atoms with Crippen molar-refractivity contribution < 1.29 is 14.3 Å². The number of carbonyl (C=O) groups is 2. The van der Waals surface area contributed by atoms with E-state index in [4.69, 9.17) is 27.9 Å². The maximum atomic E-state index is 12.3. The van der Waals surface area contributed by atoms with Crippen molar-refractivity contribution in [2.75, 3.05) is 24.3 Å². The zero-order valence-electron chi connectivity index (χ0n) is 15.2. The van der Waals surface area contributed by atoms with E-state index in [1.165, 1.54) is 14.0 Å². The molecule has 2 rings (SSSR count). The number of hydrogen-bond donors (Lipinski definition) is 3. The molecule has 27 heavy (non-hydrogen) atoms. The smallest absolute Gasteiger partial charge is 0.238 e. The number of nitrogens with one attached hydrogen (secondary N) is 3. The summed E-state index contributed by atoms with van der Waals surface area (Å²) in [5.74, 6) is 0.0460. The summed E-state index contributed by atoms with van der Waals surface area (Å²) >= 11 is 12.0. The highest BCUT2D eigenvalue weighted by molar-refractivity contribution is 6.42. The van der Waals surface area contributed by atoms with Crippen LogP contribution in [0.3, 0.4) is 0 Å². The predicted octanol–water partition coefficient (Wildman–Crippen LogP) is 4.25. The maximum absolute atomic E-state index is 12.3.